The maximum Gasteiger partial charge on any atom is 0.234 e. The van der Waals surface area contributed by atoms with Crippen molar-refractivity contribution in [3.8, 4) is 11.4 Å². The van der Waals surface area contributed by atoms with E-state index in [2.05, 4.69) is 44.7 Å². The van der Waals surface area contributed by atoms with Gasteiger partial charge in [-0.15, -0.1) is 16.8 Å². The number of nitrogens with one attached hydrogen (secondary N) is 1. The smallest absolute Gasteiger partial charge is 0.234 e. The fraction of sp³-hybridized carbons (Fsp3) is 0.150. The summed E-state index contributed by atoms with van der Waals surface area (Å²) in [6.45, 7) is 6.27. The number of halogens is 3. The molecule has 9 heteroatoms. The number of aryl methyl sites for hydroxylation is 1. The number of nitrogens with zero attached hydrogens (tertiary/aromatic N) is 3. The molecule has 1 N–H and O–H groups in total. The first-order valence-electron chi connectivity index (χ1n) is 8.57. The molecule has 0 radical (unpaired) electrons. The number of aromatic nitrogens is 3. The SMILES string of the molecule is C=CCn1c(SCC(=O)Nc2ccc(I)cc2C)nnc1-c1ccc(Cl)c(Cl)c1. The second-order valence-electron chi connectivity index (χ2n) is 6.13. The van der Waals surface area contributed by atoms with Crippen LogP contribution in [0.2, 0.25) is 10.0 Å². The van der Waals surface area contributed by atoms with Crippen molar-refractivity contribution in [1.29, 1.82) is 0 Å². The Morgan fingerprint density at radius 3 is 2.72 bits per heavy atom. The summed E-state index contributed by atoms with van der Waals surface area (Å²) in [6.07, 6.45) is 1.75. The van der Waals surface area contributed by atoms with Crippen molar-refractivity contribution in [2.45, 2.75) is 18.6 Å². The number of hydrogen-bond acceptors (Lipinski definition) is 4. The minimum atomic E-state index is -0.108. The highest BCUT2D eigenvalue weighted by atomic mass is 127. The van der Waals surface area contributed by atoms with Gasteiger partial charge in [-0.25, -0.2) is 0 Å². The van der Waals surface area contributed by atoms with Crippen LogP contribution in [0.3, 0.4) is 0 Å². The van der Waals surface area contributed by atoms with Gasteiger partial charge in [0.25, 0.3) is 0 Å². The number of allylic oxidation sites excluding steroid dienone is 1. The highest BCUT2D eigenvalue weighted by Crippen LogP contribution is 2.30. The molecule has 0 aliphatic rings. The zero-order valence-corrected chi connectivity index (χ0v) is 19.9. The number of anilines is 1. The van der Waals surface area contributed by atoms with Gasteiger partial charge < -0.3 is 5.32 Å². The Morgan fingerprint density at radius 2 is 2.03 bits per heavy atom. The predicted molar refractivity (Wildman–Crippen MR) is 129 cm³/mol. The molecule has 0 fully saturated rings. The highest BCUT2D eigenvalue weighted by molar-refractivity contribution is 14.1. The molecule has 0 spiro atoms. The third-order valence-corrected chi connectivity index (χ3v) is 6.38. The number of thioether (sulfide) groups is 1. The van der Waals surface area contributed by atoms with Gasteiger partial charge in [-0.3, -0.25) is 9.36 Å². The number of amides is 1. The quantitative estimate of drug-likeness (QED) is 0.217. The van der Waals surface area contributed by atoms with Gasteiger partial charge in [0.15, 0.2) is 11.0 Å². The molecule has 1 heterocycles. The molecule has 1 amide bonds. The normalized spacial score (nSPS) is 10.8. The van der Waals surface area contributed by atoms with Crippen LogP contribution in [0.25, 0.3) is 11.4 Å². The molecule has 3 rings (SSSR count). The summed E-state index contributed by atoms with van der Waals surface area (Å²) in [5.41, 5.74) is 2.62. The van der Waals surface area contributed by atoms with E-state index in [4.69, 9.17) is 23.2 Å². The minimum absolute atomic E-state index is 0.108. The zero-order valence-electron chi connectivity index (χ0n) is 15.5. The number of carbonyl (C=O) groups excluding carboxylic acids is 1. The van der Waals surface area contributed by atoms with Crippen LogP contribution in [-0.4, -0.2) is 26.4 Å². The van der Waals surface area contributed by atoms with Crippen molar-refractivity contribution in [1.82, 2.24) is 14.8 Å². The van der Waals surface area contributed by atoms with Crippen molar-refractivity contribution in [2.75, 3.05) is 11.1 Å². The Bertz CT molecular complexity index is 1070. The predicted octanol–water partition coefficient (Wildman–Crippen LogP) is 6.08. The Labute approximate surface area is 197 Å². The van der Waals surface area contributed by atoms with Crippen molar-refractivity contribution in [2.24, 2.45) is 0 Å². The molecule has 0 saturated carbocycles. The summed E-state index contributed by atoms with van der Waals surface area (Å²) in [5, 5.41) is 13.0. The Hall–Kier alpha value is -1.55. The second-order valence-corrected chi connectivity index (χ2v) is 9.13. The number of rotatable bonds is 7. The van der Waals surface area contributed by atoms with Crippen LogP contribution in [0, 0.1) is 10.5 Å². The number of benzene rings is 2. The maximum atomic E-state index is 12.4. The lowest BCUT2D eigenvalue weighted by molar-refractivity contribution is -0.113. The van der Waals surface area contributed by atoms with Crippen LogP contribution in [0.15, 0.2) is 54.2 Å². The van der Waals surface area contributed by atoms with Crippen LogP contribution in [0.4, 0.5) is 5.69 Å². The fourth-order valence-electron chi connectivity index (χ4n) is 2.62. The molecule has 0 unspecified atom stereocenters. The molecule has 0 bridgehead atoms. The van der Waals surface area contributed by atoms with Crippen molar-refractivity contribution in [3.05, 3.63) is 68.2 Å². The van der Waals surface area contributed by atoms with E-state index in [0.717, 1.165) is 20.4 Å². The molecule has 1 aromatic heterocycles. The molecular weight excluding hydrogens is 542 g/mol. The van der Waals surface area contributed by atoms with Gasteiger partial charge >= 0.3 is 0 Å². The summed E-state index contributed by atoms with van der Waals surface area (Å²) in [6, 6.07) is 11.2. The summed E-state index contributed by atoms with van der Waals surface area (Å²) >= 11 is 15.7. The number of carbonyl (C=O) groups is 1. The van der Waals surface area contributed by atoms with Crippen LogP contribution in [-0.2, 0) is 11.3 Å². The van der Waals surface area contributed by atoms with E-state index in [1.807, 2.05) is 35.8 Å². The van der Waals surface area contributed by atoms with Crippen LogP contribution < -0.4 is 5.32 Å². The molecule has 0 aliphatic carbocycles. The summed E-state index contributed by atoms with van der Waals surface area (Å²) < 4.78 is 3.01. The molecule has 0 saturated heterocycles. The molecule has 5 nitrogen and oxygen atoms in total. The number of hydrogen-bond donors (Lipinski definition) is 1. The van der Waals surface area contributed by atoms with Crippen molar-refractivity contribution in [3.63, 3.8) is 0 Å². The van der Waals surface area contributed by atoms with Crippen molar-refractivity contribution < 1.29 is 4.79 Å². The standard InChI is InChI=1S/C20H17Cl2IN4OS/c1-3-8-27-19(13-4-6-15(21)16(22)10-13)25-26-20(27)29-11-18(28)24-17-7-5-14(23)9-12(17)2/h3-7,9-10H,1,8,11H2,2H3,(H,24,28). The lowest BCUT2D eigenvalue weighted by atomic mass is 10.2. The first kappa shape index (κ1) is 22.1. The topological polar surface area (TPSA) is 59.8 Å². The van der Waals surface area contributed by atoms with Gasteiger partial charge in [0.05, 0.1) is 15.8 Å². The van der Waals surface area contributed by atoms with E-state index in [9.17, 15) is 4.79 Å². The molecule has 0 aliphatic heterocycles. The Kier molecular flexibility index (Phi) is 7.61. The fourth-order valence-corrected chi connectivity index (χ4v) is 4.31. The van der Waals surface area contributed by atoms with Gasteiger partial charge in [-0.1, -0.05) is 41.0 Å². The lowest BCUT2D eigenvalue weighted by Gasteiger charge is -2.10. The first-order valence-corrected chi connectivity index (χ1v) is 11.4. The monoisotopic (exact) mass is 558 g/mol. The van der Waals surface area contributed by atoms with E-state index in [-0.39, 0.29) is 11.7 Å². The average Bonchev–Trinajstić information content (AvgIpc) is 3.07. The average molecular weight is 559 g/mol. The molecule has 0 atom stereocenters. The van der Waals surface area contributed by atoms with Gasteiger partial charge in [-0.05, 0) is 71.5 Å². The highest BCUT2D eigenvalue weighted by Gasteiger charge is 2.16. The van der Waals surface area contributed by atoms with E-state index < -0.39 is 0 Å². The van der Waals surface area contributed by atoms with Crippen LogP contribution in [0.1, 0.15) is 5.56 Å². The van der Waals surface area contributed by atoms with E-state index >= 15 is 0 Å². The van der Waals surface area contributed by atoms with Gasteiger partial charge in [-0.2, -0.15) is 0 Å². The van der Waals surface area contributed by atoms with Gasteiger partial charge in [0.1, 0.15) is 0 Å². The molecule has 3 aromatic rings. The molecule has 29 heavy (non-hydrogen) atoms. The molecule has 2 aromatic carbocycles. The van der Waals surface area contributed by atoms with E-state index in [1.54, 1.807) is 18.2 Å². The Morgan fingerprint density at radius 1 is 1.24 bits per heavy atom. The third kappa shape index (κ3) is 5.53. The maximum absolute atomic E-state index is 12.4. The first-order chi connectivity index (χ1) is 13.9. The van der Waals surface area contributed by atoms with E-state index in [1.165, 1.54) is 11.8 Å². The zero-order chi connectivity index (χ0) is 21.0. The summed E-state index contributed by atoms with van der Waals surface area (Å²) in [5.74, 6) is 0.741. The Balaban J connectivity index is 1.75. The lowest BCUT2D eigenvalue weighted by Crippen LogP contribution is -2.15. The van der Waals surface area contributed by atoms with Crippen molar-refractivity contribution >= 4 is 69.1 Å². The van der Waals surface area contributed by atoms with Gasteiger partial charge in [0, 0.05) is 21.4 Å². The third-order valence-electron chi connectivity index (χ3n) is 4.00. The summed E-state index contributed by atoms with van der Waals surface area (Å²) in [4.78, 5) is 12.4. The largest absolute Gasteiger partial charge is 0.325 e. The minimum Gasteiger partial charge on any atom is -0.325 e. The van der Waals surface area contributed by atoms with Crippen LogP contribution in [0.5, 0.6) is 0 Å². The van der Waals surface area contributed by atoms with E-state index in [0.29, 0.717) is 27.6 Å². The second kappa shape index (κ2) is 9.97. The molecule has 150 valence electrons. The van der Waals surface area contributed by atoms with Gasteiger partial charge in [0.2, 0.25) is 5.91 Å². The summed E-state index contributed by atoms with van der Waals surface area (Å²) in [7, 11) is 0. The van der Waals surface area contributed by atoms with Crippen LogP contribution >= 0.6 is 57.6 Å². The molecular formula is C20H17Cl2IN4OS.